The predicted molar refractivity (Wildman–Crippen MR) is 130 cm³/mol. The first-order valence-corrected chi connectivity index (χ1v) is 12.5. The highest BCUT2D eigenvalue weighted by Gasteiger charge is 2.18. The highest BCUT2D eigenvalue weighted by Crippen LogP contribution is 2.24. The summed E-state index contributed by atoms with van der Waals surface area (Å²) < 4.78 is 31.7. The molecule has 0 aliphatic rings. The molecule has 0 atom stereocenters. The van der Waals surface area contributed by atoms with E-state index in [0.29, 0.717) is 25.3 Å². The van der Waals surface area contributed by atoms with Gasteiger partial charge in [-0.2, -0.15) is 0 Å². The van der Waals surface area contributed by atoms with Gasteiger partial charge < -0.3 is 10.1 Å². The van der Waals surface area contributed by atoms with Crippen LogP contribution in [0.4, 0.5) is 5.69 Å². The number of sulfonamides is 1. The molecule has 0 radical (unpaired) electrons. The standard InChI is InChI=1S/C25H30N2O4S/c1-19-10-13-24(17-20(19)2)31-16-14-26-25(28)9-6-15-27(32(3,29)30)23-12-11-21-7-4-5-8-22(21)18-23/h4-5,7-8,10-13,17-18H,6,9,14-16H2,1-3H3,(H,26,28). The molecule has 170 valence electrons. The van der Waals surface area contributed by atoms with Crippen LogP contribution in [0, 0.1) is 13.8 Å². The molecule has 0 aromatic heterocycles. The fourth-order valence-electron chi connectivity index (χ4n) is 3.45. The van der Waals surface area contributed by atoms with Crippen molar-refractivity contribution in [1.82, 2.24) is 5.32 Å². The van der Waals surface area contributed by atoms with E-state index in [-0.39, 0.29) is 18.9 Å². The van der Waals surface area contributed by atoms with E-state index in [2.05, 4.69) is 5.32 Å². The first kappa shape index (κ1) is 23.6. The Bertz CT molecular complexity index is 1190. The monoisotopic (exact) mass is 454 g/mol. The Morgan fingerprint density at radius 1 is 0.969 bits per heavy atom. The molecular formula is C25H30N2O4S. The summed E-state index contributed by atoms with van der Waals surface area (Å²) in [7, 11) is -3.46. The fraction of sp³-hybridized carbons (Fsp3) is 0.320. The van der Waals surface area contributed by atoms with E-state index in [1.165, 1.54) is 16.1 Å². The van der Waals surface area contributed by atoms with Crippen LogP contribution in [0.25, 0.3) is 10.8 Å². The lowest BCUT2D eigenvalue weighted by Crippen LogP contribution is -2.32. The molecule has 6 nitrogen and oxygen atoms in total. The van der Waals surface area contributed by atoms with Crippen molar-refractivity contribution in [3.63, 3.8) is 0 Å². The minimum absolute atomic E-state index is 0.124. The van der Waals surface area contributed by atoms with Crippen LogP contribution < -0.4 is 14.4 Å². The maximum Gasteiger partial charge on any atom is 0.232 e. The zero-order chi connectivity index (χ0) is 23.1. The van der Waals surface area contributed by atoms with Crippen molar-refractivity contribution in [3.8, 4) is 5.75 Å². The van der Waals surface area contributed by atoms with Gasteiger partial charge in [-0.05, 0) is 66.4 Å². The average molecular weight is 455 g/mol. The molecule has 3 aromatic rings. The lowest BCUT2D eigenvalue weighted by Gasteiger charge is -2.22. The van der Waals surface area contributed by atoms with Gasteiger partial charge in [-0.15, -0.1) is 0 Å². The van der Waals surface area contributed by atoms with E-state index in [0.717, 1.165) is 22.1 Å². The molecule has 0 fully saturated rings. The number of aryl methyl sites for hydroxylation is 2. The number of benzene rings is 3. The van der Waals surface area contributed by atoms with Crippen molar-refractivity contribution in [1.29, 1.82) is 0 Å². The minimum Gasteiger partial charge on any atom is -0.492 e. The number of carbonyl (C=O) groups excluding carboxylic acids is 1. The van der Waals surface area contributed by atoms with Crippen LogP contribution in [0.1, 0.15) is 24.0 Å². The van der Waals surface area contributed by atoms with Crippen molar-refractivity contribution in [3.05, 3.63) is 71.8 Å². The molecule has 0 spiro atoms. The summed E-state index contributed by atoms with van der Waals surface area (Å²) in [5.41, 5.74) is 2.97. The summed E-state index contributed by atoms with van der Waals surface area (Å²) in [6.45, 7) is 5.09. The number of ether oxygens (including phenoxy) is 1. The molecule has 0 aliphatic heterocycles. The molecule has 32 heavy (non-hydrogen) atoms. The molecule has 3 rings (SSSR count). The highest BCUT2D eigenvalue weighted by atomic mass is 32.2. The lowest BCUT2D eigenvalue weighted by molar-refractivity contribution is -0.121. The van der Waals surface area contributed by atoms with Crippen LogP contribution in [0.3, 0.4) is 0 Å². The van der Waals surface area contributed by atoms with Gasteiger partial charge in [0.2, 0.25) is 15.9 Å². The molecular weight excluding hydrogens is 424 g/mol. The number of hydrogen-bond acceptors (Lipinski definition) is 4. The van der Waals surface area contributed by atoms with Gasteiger partial charge in [0.15, 0.2) is 0 Å². The minimum atomic E-state index is -3.46. The van der Waals surface area contributed by atoms with Gasteiger partial charge in [0.05, 0.1) is 18.5 Å². The molecule has 0 saturated heterocycles. The Morgan fingerprint density at radius 3 is 2.44 bits per heavy atom. The third-order valence-corrected chi connectivity index (χ3v) is 6.55. The van der Waals surface area contributed by atoms with E-state index in [9.17, 15) is 13.2 Å². The largest absolute Gasteiger partial charge is 0.492 e. The van der Waals surface area contributed by atoms with Crippen molar-refractivity contribution in [2.24, 2.45) is 0 Å². The van der Waals surface area contributed by atoms with Gasteiger partial charge in [-0.25, -0.2) is 8.42 Å². The Kier molecular flexibility index (Phi) is 7.75. The number of rotatable bonds is 10. The number of nitrogens with one attached hydrogen (secondary N) is 1. The van der Waals surface area contributed by atoms with E-state index in [1.807, 2.05) is 68.4 Å². The maximum absolute atomic E-state index is 12.3. The van der Waals surface area contributed by atoms with Crippen molar-refractivity contribution < 1.29 is 17.9 Å². The normalized spacial score (nSPS) is 11.3. The lowest BCUT2D eigenvalue weighted by atomic mass is 10.1. The SMILES string of the molecule is Cc1ccc(OCCNC(=O)CCCN(c2ccc3ccccc3c2)S(C)(=O)=O)cc1C. The maximum atomic E-state index is 12.3. The summed E-state index contributed by atoms with van der Waals surface area (Å²) >= 11 is 0. The van der Waals surface area contributed by atoms with Crippen molar-refractivity contribution in [2.45, 2.75) is 26.7 Å². The molecule has 1 amide bonds. The molecule has 0 unspecified atom stereocenters. The van der Waals surface area contributed by atoms with Gasteiger partial charge in [0.25, 0.3) is 0 Å². The third kappa shape index (κ3) is 6.47. The Morgan fingerprint density at radius 2 is 1.72 bits per heavy atom. The first-order valence-electron chi connectivity index (χ1n) is 10.7. The Balaban J connectivity index is 1.47. The molecule has 0 aliphatic carbocycles. The van der Waals surface area contributed by atoms with Gasteiger partial charge in [0.1, 0.15) is 12.4 Å². The smallest absolute Gasteiger partial charge is 0.232 e. The number of anilines is 1. The van der Waals surface area contributed by atoms with Crippen LogP contribution in [-0.2, 0) is 14.8 Å². The molecule has 1 N–H and O–H groups in total. The summed E-state index contributed by atoms with van der Waals surface area (Å²) in [6.07, 6.45) is 1.85. The zero-order valence-electron chi connectivity index (χ0n) is 18.8. The molecule has 0 bridgehead atoms. The number of hydrogen-bond donors (Lipinski definition) is 1. The topological polar surface area (TPSA) is 75.7 Å². The van der Waals surface area contributed by atoms with Crippen LogP contribution in [0.15, 0.2) is 60.7 Å². The fourth-order valence-corrected chi connectivity index (χ4v) is 4.41. The molecule has 7 heteroatoms. The van der Waals surface area contributed by atoms with E-state index < -0.39 is 10.0 Å². The molecule has 0 saturated carbocycles. The number of carbonyl (C=O) groups is 1. The second-order valence-corrected chi connectivity index (χ2v) is 9.82. The van der Waals surface area contributed by atoms with Gasteiger partial charge >= 0.3 is 0 Å². The van der Waals surface area contributed by atoms with Crippen LogP contribution in [0.5, 0.6) is 5.75 Å². The number of nitrogens with zero attached hydrogens (tertiary/aromatic N) is 1. The summed E-state index contributed by atoms with van der Waals surface area (Å²) in [6, 6.07) is 19.3. The van der Waals surface area contributed by atoms with E-state index >= 15 is 0 Å². The second kappa shape index (κ2) is 10.5. The third-order valence-electron chi connectivity index (χ3n) is 5.36. The van der Waals surface area contributed by atoms with E-state index in [1.54, 1.807) is 6.07 Å². The van der Waals surface area contributed by atoms with Crippen molar-refractivity contribution in [2.75, 3.05) is 30.3 Å². The zero-order valence-corrected chi connectivity index (χ0v) is 19.6. The Hall–Kier alpha value is -3.06. The van der Waals surface area contributed by atoms with Crippen molar-refractivity contribution >= 4 is 32.4 Å². The van der Waals surface area contributed by atoms with E-state index in [4.69, 9.17) is 4.74 Å². The van der Waals surface area contributed by atoms with Gasteiger partial charge in [-0.1, -0.05) is 36.4 Å². The van der Waals surface area contributed by atoms with Gasteiger partial charge in [-0.3, -0.25) is 9.10 Å². The van der Waals surface area contributed by atoms with Crippen LogP contribution in [0.2, 0.25) is 0 Å². The number of fused-ring (bicyclic) bond motifs is 1. The summed E-state index contributed by atoms with van der Waals surface area (Å²) in [5, 5.41) is 4.84. The quantitative estimate of drug-likeness (QED) is 0.466. The first-order chi connectivity index (χ1) is 15.2. The number of amides is 1. The second-order valence-electron chi connectivity index (χ2n) is 7.91. The van der Waals surface area contributed by atoms with Crippen LogP contribution >= 0.6 is 0 Å². The summed E-state index contributed by atoms with van der Waals surface area (Å²) in [5.74, 6) is 0.655. The molecule has 3 aromatic carbocycles. The van der Waals surface area contributed by atoms with Gasteiger partial charge in [0, 0.05) is 13.0 Å². The Labute approximate surface area is 190 Å². The highest BCUT2D eigenvalue weighted by molar-refractivity contribution is 7.92. The van der Waals surface area contributed by atoms with Crippen LogP contribution in [-0.4, -0.2) is 40.3 Å². The average Bonchev–Trinajstić information content (AvgIpc) is 2.75. The summed E-state index contributed by atoms with van der Waals surface area (Å²) in [4.78, 5) is 12.2. The molecule has 0 heterocycles. The predicted octanol–water partition coefficient (Wildman–Crippen LogP) is 4.20.